The Labute approximate surface area is 207 Å². The molecule has 2 unspecified atom stereocenters. The van der Waals surface area contributed by atoms with Gasteiger partial charge in [0.25, 0.3) is 5.24 Å². The Morgan fingerprint density at radius 1 is 1.24 bits per heavy atom. The third kappa shape index (κ3) is 6.59. The predicted octanol–water partition coefficient (Wildman–Crippen LogP) is 3.95. The number of amides is 1. The number of nitrogens with zero attached hydrogens (tertiary/aromatic N) is 3. The standard InChI is InChI=1S/C23H27ClN4O3S2/c1-15-25-20-12-19(6-7-21(20)33-15)31-14-18(29)13-27-8-10-28(11-9-27)22(26-23(30)32)16-2-4-17(24)5-3-16/h2-7,12,18,22,29H,8-11,13-14H2,1H3,(H2,26,30,32). The molecule has 33 heavy (non-hydrogen) atoms. The minimum Gasteiger partial charge on any atom is -0.491 e. The van der Waals surface area contributed by atoms with Crippen molar-refractivity contribution in [2.45, 2.75) is 19.2 Å². The summed E-state index contributed by atoms with van der Waals surface area (Å²) in [5.74, 6) is 0.713. The number of aliphatic hydroxyl groups is 1. The number of aromatic nitrogens is 1. The monoisotopic (exact) mass is 506 g/mol. The number of thiol groups is 1. The second kappa shape index (κ2) is 11.0. The molecule has 1 amide bonds. The molecule has 10 heteroatoms. The van der Waals surface area contributed by atoms with Gasteiger partial charge >= 0.3 is 0 Å². The topological polar surface area (TPSA) is 77.9 Å². The number of thiazole rings is 1. The van der Waals surface area contributed by atoms with Gasteiger partial charge in [-0.05, 0) is 36.8 Å². The lowest BCUT2D eigenvalue weighted by molar-refractivity contribution is 0.0334. The number of rotatable bonds is 8. The number of carbonyl (C=O) groups excluding carboxylic acids is 1. The number of carbonyl (C=O) groups is 1. The van der Waals surface area contributed by atoms with Gasteiger partial charge in [-0.2, -0.15) is 0 Å². The van der Waals surface area contributed by atoms with E-state index in [-0.39, 0.29) is 18.0 Å². The first-order valence-corrected chi connectivity index (χ1v) is 12.4. The van der Waals surface area contributed by atoms with Crippen LogP contribution in [0.25, 0.3) is 10.2 Å². The van der Waals surface area contributed by atoms with E-state index < -0.39 is 6.10 Å². The molecule has 0 bridgehead atoms. The maximum absolute atomic E-state index is 11.6. The Kier molecular flexibility index (Phi) is 8.11. The van der Waals surface area contributed by atoms with Crippen molar-refractivity contribution in [3.05, 3.63) is 58.1 Å². The van der Waals surface area contributed by atoms with Crippen LogP contribution in [0.15, 0.2) is 42.5 Å². The highest BCUT2D eigenvalue weighted by molar-refractivity contribution is 7.96. The summed E-state index contributed by atoms with van der Waals surface area (Å²) < 4.78 is 6.94. The third-order valence-corrected chi connectivity index (χ3v) is 6.93. The number of aliphatic hydroxyl groups excluding tert-OH is 1. The van der Waals surface area contributed by atoms with Crippen molar-refractivity contribution >= 4 is 51.0 Å². The third-order valence-electron chi connectivity index (χ3n) is 5.60. The maximum atomic E-state index is 11.6. The van der Waals surface area contributed by atoms with Crippen molar-refractivity contribution < 1.29 is 14.6 Å². The molecule has 1 aliphatic rings. The molecular weight excluding hydrogens is 480 g/mol. The molecule has 2 N–H and O–H groups in total. The van der Waals surface area contributed by atoms with Crippen molar-refractivity contribution in [2.75, 3.05) is 39.3 Å². The van der Waals surface area contributed by atoms with E-state index in [4.69, 9.17) is 16.3 Å². The summed E-state index contributed by atoms with van der Waals surface area (Å²) in [6.07, 6.45) is -0.874. The van der Waals surface area contributed by atoms with Crippen LogP contribution in [-0.4, -0.2) is 70.6 Å². The van der Waals surface area contributed by atoms with Crippen molar-refractivity contribution in [3.8, 4) is 5.75 Å². The molecule has 7 nitrogen and oxygen atoms in total. The lowest BCUT2D eigenvalue weighted by atomic mass is 10.1. The van der Waals surface area contributed by atoms with E-state index in [1.54, 1.807) is 11.3 Å². The number of hydrogen-bond donors (Lipinski definition) is 3. The Morgan fingerprint density at radius 2 is 1.97 bits per heavy atom. The van der Waals surface area contributed by atoms with Gasteiger partial charge < -0.3 is 15.2 Å². The number of halogens is 1. The number of piperazine rings is 1. The van der Waals surface area contributed by atoms with Crippen molar-refractivity contribution in [1.82, 2.24) is 20.1 Å². The number of β-amino-alcohol motifs (C(OH)–C–C–N with tert-alkyl or cyclic N) is 1. The van der Waals surface area contributed by atoms with E-state index in [9.17, 15) is 9.90 Å². The highest BCUT2D eigenvalue weighted by Crippen LogP contribution is 2.26. The molecule has 2 heterocycles. The number of ether oxygens (including phenoxy) is 1. The summed E-state index contributed by atoms with van der Waals surface area (Å²) in [5, 5.41) is 14.7. The molecule has 176 valence electrons. The minimum absolute atomic E-state index is 0.220. The number of benzene rings is 2. The summed E-state index contributed by atoms with van der Waals surface area (Å²) in [4.78, 5) is 20.5. The summed E-state index contributed by atoms with van der Waals surface area (Å²) in [7, 11) is 0. The van der Waals surface area contributed by atoms with Crippen LogP contribution in [0.1, 0.15) is 16.7 Å². The second-order valence-electron chi connectivity index (χ2n) is 8.07. The summed E-state index contributed by atoms with van der Waals surface area (Å²) in [5.41, 5.74) is 1.88. The quantitative estimate of drug-likeness (QED) is 0.401. The highest BCUT2D eigenvalue weighted by Gasteiger charge is 2.26. The molecule has 1 aliphatic heterocycles. The summed E-state index contributed by atoms with van der Waals surface area (Å²) in [6.45, 7) is 5.76. The lowest BCUT2D eigenvalue weighted by Crippen LogP contribution is -2.52. The molecule has 1 saturated heterocycles. The van der Waals surface area contributed by atoms with E-state index in [1.165, 1.54) is 0 Å². The first-order valence-electron chi connectivity index (χ1n) is 10.8. The van der Waals surface area contributed by atoms with E-state index in [0.29, 0.717) is 17.3 Å². The molecule has 1 aromatic heterocycles. The molecule has 3 aromatic rings. The number of hydrogen-bond acceptors (Lipinski definition) is 7. The van der Waals surface area contributed by atoms with E-state index in [2.05, 4.69) is 32.7 Å². The van der Waals surface area contributed by atoms with Crippen molar-refractivity contribution in [1.29, 1.82) is 0 Å². The van der Waals surface area contributed by atoms with Gasteiger partial charge in [0.05, 0.1) is 15.2 Å². The molecule has 1 fully saturated rings. The molecular formula is C23H27ClN4O3S2. The number of aryl methyl sites for hydroxylation is 1. The van der Waals surface area contributed by atoms with Gasteiger partial charge in [0, 0.05) is 43.8 Å². The van der Waals surface area contributed by atoms with E-state index >= 15 is 0 Å². The fraction of sp³-hybridized carbons (Fsp3) is 0.391. The smallest absolute Gasteiger partial charge is 0.277 e. The number of nitrogens with one attached hydrogen (secondary N) is 1. The Morgan fingerprint density at radius 3 is 2.67 bits per heavy atom. The van der Waals surface area contributed by atoms with Crippen LogP contribution in [0.3, 0.4) is 0 Å². The van der Waals surface area contributed by atoms with Gasteiger partial charge in [-0.3, -0.25) is 14.6 Å². The van der Waals surface area contributed by atoms with Gasteiger partial charge in [0.2, 0.25) is 0 Å². The van der Waals surface area contributed by atoms with Crippen LogP contribution >= 0.6 is 35.6 Å². The van der Waals surface area contributed by atoms with Crippen LogP contribution < -0.4 is 10.1 Å². The maximum Gasteiger partial charge on any atom is 0.277 e. The normalized spacial score (nSPS) is 17.1. The fourth-order valence-corrected chi connectivity index (χ4v) is 5.06. The SMILES string of the molecule is Cc1nc2cc(OCC(O)CN3CCN(C(NC(=O)S)c4ccc(Cl)cc4)CC3)ccc2s1. The van der Waals surface area contributed by atoms with Crippen LogP contribution in [0.2, 0.25) is 5.02 Å². The van der Waals surface area contributed by atoms with Gasteiger partial charge in [0.15, 0.2) is 0 Å². The Bertz CT molecular complexity index is 1090. The Hall–Kier alpha value is -1.88. The lowest BCUT2D eigenvalue weighted by Gasteiger charge is -2.40. The zero-order valence-electron chi connectivity index (χ0n) is 18.3. The molecule has 0 radical (unpaired) electrons. The summed E-state index contributed by atoms with van der Waals surface area (Å²) in [6, 6.07) is 13.3. The first-order chi connectivity index (χ1) is 15.9. The van der Waals surface area contributed by atoms with Gasteiger partial charge in [-0.1, -0.05) is 36.4 Å². The van der Waals surface area contributed by atoms with Crippen LogP contribution in [0.5, 0.6) is 5.75 Å². The molecule has 2 atom stereocenters. The average molecular weight is 507 g/mol. The molecule has 2 aromatic carbocycles. The van der Waals surface area contributed by atoms with Crippen LogP contribution in [0, 0.1) is 6.92 Å². The fourth-order valence-electron chi connectivity index (χ4n) is 4.01. The largest absolute Gasteiger partial charge is 0.491 e. The average Bonchev–Trinajstić information content (AvgIpc) is 3.16. The molecule has 4 rings (SSSR count). The van der Waals surface area contributed by atoms with E-state index in [1.807, 2.05) is 49.4 Å². The van der Waals surface area contributed by atoms with Gasteiger partial charge in [-0.15, -0.1) is 11.3 Å². The van der Waals surface area contributed by atoms with Gasteiger partial charge in [-0.25, -0.2) is 4.98 Å². The minimum atomic E-state index is -0.603. The van der Waals surface area contributed by atoms with Crippen LogP contribution in [-0.2, 0) is 0 Å². The Balaban J connectivity index is 1.27. The molecule has 0 saturated carbocycles. The molecule has 0 spiro atoms. The van der Waals surface area contributed by atoms with Gasteiger partial charge in [0.1, 0.15) is 24.6 Å². The predicted molar refractivity (Wildman–Crippen MR) is 136 cm³/mol. The van der Waals surface area contributed by atoms with Crippen molar-refractivity contribution in [3.63, 3.8) is 0 Å². The second-order valence-corrected chi connectivity index (χ2v) is 10.1. The zero-order chi connectivity index (χ0) is 23.4. The number of fused-ring (bicyclic) bond motifs is 1. The highest BCUT2D eigenvalue weighted by atomic mass is 35.5. The molecule has 0 aliphatic carbocycles. The first kappa shape index (κ1) is 24.3. The van der Waals surface area contributed by atoms with Crippen LogP contribution in [0.4, 0.5) is 4.79 Å². The van der Waals surface area contributed by atoms with Crippen molar-refractivity contribution in [2.24, 2.45) is 0 Å². The zero-order valence-corrected chi connectivity index (χ0v) is 20.7. The van der Waals surface area contributed by atoms with E-state index in [0.717, 1.165) is 47.0 Å². The summed E-state index contributed by atoms with van der Waals surface area (Å²) >= 11 is 11.6.